The summed E-state index contributed by atoms with van der Waals surface area (Å²) in [5.41, 5.74) is 2.20. The molecule has 1 aromatic heterocycles. The van der Waals surface area contributed by atoms with Crippen LogP contribution in [-0.4, -0.2) is 29.3 Å². The first-order chi connectivity index (χ1) is 8.80. The van der Waals surface area contributed by atoms with E-state index in [2.05, 4.69) is 33.5 Å². The average Bonchev–Trinajstić information content (AvgIpc) is 2.64. The maximum Gasteiger partial charge on any atom is 0.397 e. The Morgan fingerprint density at radius 2 is 1.90 bits per heavy atom. The van der Waals surface area contributed by atoms with E-state index in [1.54, 1.807) is 0 Å². The third kappa shape index (κ3) is 6.99. The molecule has 0 aliphatic carbocycles. The van der Waals surface area contributed by atoms with Gasteiger partial charge in [-0.05, 0) is 20.8 Å². The highest BCUT2D eigenvalue weighted by Gasteiger charge is 2.15. The zero-order chi connectivity index (χ0) is 15.1. The molecule has 0 fully saturated rings. The second-order valence-electron chi connectivity index (χ2n) is 3.71. The molecule has 1 heterocycles. The number of imidazole rings is 1. The lowest BCUT2D eigenvalue weighted by atomic mass is 10.3. The van der Waals surface area contributed by atoms with Gasteiger partial charge in [0.25, 0.3) is 0 Å². The van der Waals surface area contributed by atoms with Crippen molar-refractivity contribution in [2.45, 2.75) is 54.8 Å². The van der Waals surface area contributed by atoms with Crippen molar-refractivity contribution in [3.63, 3.8) is 0 Å². The Labute approximate surface area is 121 Å². The molecular formula is C12H27N2O5S+. The maximum atomic E-state index is 9.56. The molecule has 0 atom stereocenters. The Kier molecular flexibility index (Phi) is 10.5. The summed E-state index contributed by atoms with van der Waals surface area (Å²) in [5.74, 6) is 0. The molecule has 120 valence electrons. The van der Waals surface area contributed by atoms with Crippen molar-refractivity contribution in [1.29, 1.82) is 0 Å². The lowest BCUT2D eigenvalue weighted by Gasteiger charge is -1.93. The van der Waals surface area contributed by atoms with E-state index in [0.29, 0.717) is 0 Å². The largest absolute Gasteiger partial charge is 0.397 e. The number of nitrogens with zero attached hydrogens (tertiary/aromatic N) is 2. The van der Waals surface area contributed by atoms with Crippen LogP contribution >= 0.6 is 0 Å². The Morgan fingerprint density at radius 3 is 2.10 bits per heavy atom. The van der Waals surface area contributed by atoms with E-state index in [1.807, 2.05) is 6.92 Å². The fraction of sp³-hybridized carbons (Fsp3) is 0.750. The summed E-state index contributed by atoms with van der Waals surface area (Å²) < 4.78 is 34.9. The molecule has 0 radical (unpaired) electrons. The highest BCUT2D eigenvalue weighted by Crippen LogP contribution is 2.03. The zero-order valence-electron chi connectivity index (χ0n) is 11.8. The topological polar surface area (TPSA) is 92.6 Å². The summed E-state index contributed by atoms with van der Waals surface area (Å²) in [6.07, 6.45) is 2.06. The van der Waals surface area contributed by atoms with Gasteiger partial charge in [0.1, 0.15) is 12.3 Å². The van der Waals surface area contributed by atoms with Crippen molar-refractivity contribution in [3.8, 4) is 0 Å². The van der Waals surface area contributed by atoms with Crippen molar-refractivity contribution in [2.75, 3.05) is 6.61 Å². The first-order valence-corrected chi connectivity index (χ1v) is 7.47. The van der Waals surface area contributed by atoms with Crippen molar-refractivity contribution >= 4 is 10.4 Å². The lowest BCUT2D eigenvalue weighted by molar-refractivity contribution is -0.702. The van der Waals surface area contributed by atoms with E-state index in [4.69, 9.17) is 9.66 Å². The Balaban J connectivity index is 0. The highest BCUT2D eigenvalue weighted by molar-refractivity contribution is 7.80. The van der Waals surface area contributed by atoms with Crippen molar-refractivity contribution in [3.05, 3.63) is 17.7 Å². The lowest BCUT2D eigenvalue weighted by Crippen LogP contribution is -2.34. The van der Waals surface area contributed by atoms with Crippen LogP contribution in [0.15, 0.2) is 6.33 Å². The van der Waals surface area contributed by atoms with Crippen molar-refractivity contribution < 1.29 is 26.8 Å². The van der Waals surface area contributed by atoms with E-state index in [-0.39, 0.29) is 20.6 Å². The van der Waals surface area contributed by atoms with Gasteiger partial charge in [0.2, 0.25) is 6.33 Å². The number of aliphatic hydroxyl groups excluding tert-OH is 1. The number of aryl methyl sites for hydroxylation is 2. The number of hydrogen-bond acceptors (Lipinski definition) is 4. The number of rotatable bonds is 5. The van der Waals surface area contributed by atoms with E-state index < -0.39 is 10.4 Å². The van der Waals surface area contributed by atoms with Gasteiger partial charge in [-0.2, -0.15) is 8.42 Å². The molecule has 7 nitrogen and oxygen atoms in total. The number of aromatic nitrogens is 2. The van der Waals surface area contributed by atoms with Gasteiger partial charge in [-0.15, -0.1) is 0 Å². The minimum absolute atomic E-state index is 0. The Morgan fingerprint density at radius 1 is 1.35 bits per heavy atom. The fourth-order valence-electron chi connectivity index (χ4n) is 1.64. The Bertz CT molecular complexity index is 482. The molecule has 1 rings (SSSR count). The third-order valence-corrected chi connectivity index (χ3v) is 3.11. The van der Waals surface area contributed by atoms with Gasteiger partial charge in [0.05, 0.1) is 19.7 Å². The normalized spacial score (nSPS) is 10.5. The predicted molar refractivity (Wildman–Crippen MR) is 76.5 cm³/mol. The molecule has 20 heavy (non-hydrogen) atoms. The van der Waals surface area contributed by atoms with Gasteiger partial charge in [0, 0.05) is 6.92 Å². The van der Waals surface area contributed by atoms with E-state index in [0.717, 1.165) is 18.8 Å². The SMILES string of the molecule is C.CCOS(=O)(=O)O.CCn1c[n+](CC)c(CO)c1C. The van der Waals surface area contributed by atoms with Gasteiger partial charge in [-0.1, -0.05) is 7.43 Å². The second-order valence-corrected chi connectivity index (χ2v) is 4.80. The summed E-state index contributed by atoms with van der Waals surface area (Å²) >= 11 is 0. The molecule has 1 aromatic rings. The maximum absolute atomic E-state index is 9.56. The van der Waals surface area contributed by atoms with Crippen LogP contribution < -0.4 is 4.57 Å². The molecule has 0 aliphatic rings. The van der Waals surface area contributed by atoms with Gasteiger partial charge in [0.15, 0.2) is 5.69 Å². The van der Waals surface area contributed by atoms with E-state index in [1.165, 1.54) is 12.6 Å². The molecule has 0 amide bonds. The van der Waals surface area contributed by atoms with Crippen LogP contribution in [0.25, 0.3) is 0 Å². The van der Waals surface area contributed by atoms with Crippen LogP contribution in [0.5, 0.6) is 0 Å². The van der Waals surface area contributed by atoms with Crippen molar-refractivity contribution in [2.24, 2.45) is 0 Å². The minimum atomic E-state index is -4.17. The standard InChI is InChI=1S/C9H17N2O.C2H6O4S.CH4/c1-4-10-7-11(5-2)9(6-12)8(10)3;1-2-6-7(3,4)5;/h7,12H,4-6H2,1-3H3;2H2,1H3,(H,3,4,5);1H4/q+1;;. The highest BCUT2D eigenvalue weighted by atomic mass is 32.3. The van der Waals surface area contributed by atoms with E-state index >= 15 is 0 Å². The predicted octanol–water partition coefficient (Wildman–Crippen LogP) is 1.08. The zero-order valence-corrected chi connectivity index (χ0v) is 12.6. The average molecular weight is 311 g/mol. The van der Waals surface area contributed by atoms with E-state index in [9.17, 15) is 8.42 Å². The molecule has 0 aliphatic heterocycles. The molecule has 0 spiro atoms. The minimum Gasteiger partial charge on any atom is -0.388 e. The molecule has 0 saturated carbocycles. The van der Waals surface area contributed by atoms with Crippen LogP contribution in [-0.2, 0) is 34.3 Å². The van der Waals surface area contributed by atoms with Crippen LogP contribution in [0.3, 0.4) is 0 Å². The van der Waals surface area contributed by atoms with Crippen LogP contribution in [0.1, 0.15) is 39.6 Å². The summed E-state index contributed by atoms with van der Waals surface area (Å²) in [6, 6.07) is 0. The van der Waals surface area contributed by atoms with Crippen LogP contribution in [0.2, 0.25) is 0 Å². The monoisotopic (exact) mass is 311 g/mol. The molecule has 0 saturated heterocycles. The van der Waals surface area contributed by atoms with Gasteiger partial charge in [-0.25, -0.2) is 13.3 Å². The number of aliphatic hydroxyl groups is 1. The Hall–Kier alpha value is -0.960. The van der Waals surface area contributed by atoms with Crippen LogP contribution in [0, 0.1) is 6.92 Å². The number of hydrogen-bond donors (Lipinski definition) is 2. The molecule has 0 unspecified atom stereocenters. The van der Waals surface area contributed by atoms with Gasteiger partial charge >= 0.3 is 10.4 Å². The molecule has 0 bridgehead atoms. The molecule has 8 heteroatoms. The second kappa shape index (κ2) is 9.87. The van der Waals surface area contributed by atoms with Gasteiger partial charge in [-0.3, -0.25) is 4.55 Å². The van der Waals surface area contributed by atoms with Crippen molar-refractivity contribution in [1.82, 2.24) is 4.57 Å². The molecular weight excluding hydrogens is 284 g/mol. The first kappa shape index (κ1) is 21.3. The van der Waals surface area contributed by atoms with Gasteiger partial charge < -0.3 is 5.11 Å². The summed E-state index contributed by atoms with van der Waals surface area (Å²) in [5, 5.41) is 9.11. The summed E-state index contributed by atoms with van der Waals surface area (Å²) in [7, 11) is -4.17. The molecule has 2 N–H and O–H groups in total. The fourth-order valence-corrected chi connectivity index (χ4v) is 1.94. The quantitative estimate of drug-likeness (QED) is 0.627. The molecule has 0 aromatic carbocycles. The third-order valence-electron chi connectivity index (χ3n) is 2.57. The smallest absolute Gasteiger partial charge is 0.388 e. The first-order valence-electron chi connectivity index (χ1n) is 6.11. The van der Waals surface area contributed by atoms with Crippen LogP contribution in [0.4, 0.5) is 0 Å². The summed E-state index contributed by atoms with van der Waals surface area (Å²) in [4.78, 5) is 0. The summed E-state index contributed by atoms with van der Waals surface area (Å²) in [6.45, 7) is 9.68.